The van der Waals surface area contributed by atoms with Crippen LogP contribution in [-0.2, 0) is 0 Å². The second-order valence-electron chi connectivity index (χ2n) is 3.77. The van der Waals surface area contributed by atoms with Gasteiger partial charge in [-0.25, -0.2) is 4.99 Å². The summed E-state index contributed by atoms with van der Waals surface area (Å²) in [5.74, 6) is 0.481. The summed E-state index contributed by atoms with van der Waals surface area (Å²) in [5.41, 5.74) is 6.85. The van der Waals surface area contributed by atoms with E-state index < -0.39 is 0 Å². The van der Waals surface area contributed by atoms with E-state index in [2.05, 4.69) is 15.3 Å². The maximum atomic E-state index is 5.74. The molecule has 1 rings (SSSR count). The number of hydrogen-bond donors (Lipinski definition) is 2. The van der Waals surface area contributed by atoms with Gasteiger partial charge in [-0.15, -0.1) is 0 Å². The predicted octanol–water partition coefficient (Wildman–Crippen LogP) is 1.46. The minimum Gasteiger partial charge on any atom is -0.370 e. The molecule has 0 amide bonds. The van der Waals surface area contributed by atoms with Gasteiger partial charge in [-0.2, -0.15) is 0 Å². The summed E-state index contributed by atoms with van der Waals surface area (Å²) in [7, 11) is 0. The molecule has 0 aliphatic rings. The number of nitrogens with one attached hydrogen (secondary N) is 1. The monoisotopic (exact) mass is 206 g/mol. The lowest BCUT2D eigenvalue weighted by Gasteiger charge is -2.12. The SMILES string of the molecule is CC(C)NC(N)=NC(C)c1ccncc1. The maximum absolute atomic E-state index is 5.74. The van der Waals surface area contributed by atoms with Crippen molar-refractivity contribution in [2.75, 3.05) is 0 Å². The molecule has 4 nitrogen and oxygen atoms in total. The molecule has 0 aliphatic heterocycles. The lowest BCUT2D eigenvalue weighted by atomic mass is 10.1. The van der Waals surface area contributed by atoms with E-state index in [0.717, 1.165) is 5.56 Å². The molecule has 4 heteroatoms. The fourth-order valence-corrected chi connectivity index (χ4v) is 1.26. The molecule has 0 saturated carbocycles. The van der Waals surface area contributed by atoms with Gasteiger partial charge in [-0.1, -0.05) is 0 Å². The largest absolute Gasteiger partial charge is 0.370 e. The number of pyridine rings is 1. The van der Waals surface area contributed by atoms with Gasteiger partial charge in [0.1, 0.15) is 0 Å². The molecule has 0 bridgehead atoms. The van der Waals surface area contributed by atoms with Crippen molar-refractivity contribution in [3.8, 4) is 0 Å². The van der Waals surface area contributed by atoms with Gasteiger partial charge in [-0.3, -0.25) is 4.98 Å². The highest BCUT2D eigenvalue weighted by atomic mass is 15.1. The van der Waals surface area contributed by atoms with Crippen LogP contribution in [0, 0.1) is 0 Å². The van der Waals surface area contributed by atoms with Crippen molar-refractivity contribution in [2.24, 2.45) is 10.7 Å². The van der Waals surface area contributed by atoms with E-state index in [0.29, 0.717) is 12.0 Å². The molecule has 3 N–H and O–H groups in total. The van der Waals surface area contributed by atoms with Crippen LogP contribution in [0.5, 0.6) is 0 Å². The molecule has 0 fully saturated rings. The quantitative estimate of drug-likeness (QED) is 0.581. The Morgan fingerprint density at radius 3 is 2.47 bits per heavy atom. The molecule has 0 aliphatic carbocycles. The highest BCUT2D eigenvalue weighted by Crippen LogP contribution is 2.14. The van der Waals surface area contributed by atoms with Gasteiger partial charge in [0.2, 0.25) is 0 Å². The molecule has 1 heterocycles. The Bertz CT molecular complexity index is 319. The van der Waals surface area contributed by atoms with Crippen molar-refractivity contribution in [2.45, 2.75) is 32.9 Å². The lowest BCUT2D eigenvalue weighted by Crippen LogP contribution is -2.36. The molecular weight excluding hydrogens is 188 g/mol. The smallest absolute Gasteiger partial charge is 0.189 e. The Balaban J connectivity index is 2.66. The van der Waals surface area contributed by atoms with E-state index in [4.69, 9.17) is 5.73 Å². The van der Waals surface area contributed by atoms with Crippen LogP contribution in [0.1, 0.15) is 32.4 Å². The second kappa shape index (κ2) is 5.34. The number of rotatable bonds is 3. The molecule has 1 atom stereocenters. The summed E-state index contributed by atoms with van der Waals surface area (Å²) >= 11 is 0. The minimum absolute atomic E-state index is 0.0549. The fraction of sp³-hybridized carbons (Fsp3) is 0.455. The predicted molar refractivity (Wildman–Crippen MR) is 62.5 cm³/mol. The van der Waals surface area contributed by atoms with Crippen LogP contribution >= 0.6 is 0 Å². The van der Waals surface area contributed by atoms with Crippen LogP contribution < -0.4 is 11.1 Å². The summed E-state index contributed by atoms with van der Waals surface area (Å²) < 4.78 is 0. The van der Waals surface area contributed by atoms with E-state index in [1.54, 1.807) is 12.4 Å². The normalized spacial score (nSPS) is 14.0. The summed E-state index contributed by atoms with van der Waals surface area (Å²) in [6.07, 6.45) is 3.51. The standard InChI is InChI=1S/C11H18N4/c1-8(2)14-11(12)15-9(3)10-4-6-13-7-5-10/h4-9H,1-3H3,(H3,12,14,15). The van der Waals surface area contributed by atoms with Crippen molar-refractivity contribution in [1.82, 2.24) is 10.3 Å². The van der Waals surface area contributed by atoms with Gasteiger partial charge >= 0.3 is 0 Å². The molecule has 0 aromatic carbocycles. The van der Waals surface area contributed by atoms with Crippen LogP contribution in [-0.4, -0.2) is 17.0 Å². The fourth-order valence-electron chi connectivity index (χ4n) is 1.26. The Morgan fingerprint density at radius 2 is 1.93 bits per heavy atom. The molecular formula is C11H18N4. The molecule has 1 aromatic heterocycles. The molecule has 0 spiro atoms. The Kier molecular flexibility index (Phi) is 4.09. The van der Waals surface area contributed by atoms with E-state index in [1.165, 1.54) is 0 Å². The maximum Gasteiger partial charge on any atom is 0.189 e. The van der Waals surface area contributed by atoms with Gasteiger partial charge in [0.25, 0.3) is 0 Å². The van der Waals surface area contributed by atoms with Crippen molar-refractivity contribution in [3.63, 3.8) is 0 Å². The molecule has 1 aromatic rings. The molecule has 0 saturated heterocycles. The first kappa shape index (κ1) is 11.5. The minimum atomic E-state index is 0.0549. The number of aromatic nitrogens is 1. The van der Waals surface area contributed by atoms with Crippen molar-refractivity contribution < 1.29 is 0 Å². The highest BCUT2D eigenvalue weighted by molar-refractivity contribution is 5.78. The van der Waals surface area contributed by atoms with Crippen molar-refractivity contribution >= 4 is 5.96 Å². The number of hydrogen-bond acceptors (Lipinski definition) is 2. The van der Waals surface area contributed by atoms with E-state index in [9.17, 15) is 0 Å². The van der Waals surface area contributed by atoms with Crippen LogP contribution in [0.15, 0.2) is 29.5 Å². The van der Waals surface area contributed by atoms with Gasteiger partial charge in [0.05, 0.1) is 6.04 Å². The van der Waals surface area contributed by atoms with Gasteiger partial charge in [0.15, 0.2) is 5.96 Å². The molecule has 82 valence electrons. The zero-order chi connectivity index (χ0) is 11.3. The molecule has 1 unspecified atom stereocenters. The summed E-state index contributed by atoms with van der Waals surface area (Å²) in [6, 6.07) is 4.24. The molecule has 15 heavy (non-hydrogen) atoms. The second-order valence-corrected chi connectivity index (χ2v) is 3.77. The Morgan fingerprint density at radius 1 is 1.33 bits per heavy atom. The van der Waals surface area contributed by atoms with Crippen molar-refractivity contribution in [1.29, 1.82) is 0 Å². The van der Waals surface area contributed by atoms with Gasteiger partial charge in [-0.05, 0) is 38.5 Å². The number of guanidine groups is 1. The third-order valence-corrected chi connectivity index (χ3v) is 1.96. The first-order valence-corrected chi connectivity index (χ1v) is 5.09. The van der Waals surface area contributed by atoms with Crippen LogP contribution in [0.3, 0.4) is 0 Å². The lowest BCUT2D eigenvalue weighted by molar-refractivity contribution is 0.710. The average molecular weight is 206 g/mol. The summed E-state index contributed by atoms with van der Waals surface area (Å²) in [6.45, 7) is 6.06. The van der Waals surface area contributed by atoms with E-state index in [1.807, 2.05) is 32.9 Å². The average Bonchev–Trinajstić information content (AvgIpc) is 2.17. The molecule has 0 radical (unpaired) electrons. The van der Waals surface area contributed by atoms with Crippen LogP contribution in [0.25, 0.3) is 0 Å². The van der Waals surface area contributed by atoms with E-state index in [-0.39, 0.29) is 6.04 Å². The van der Waals surface area contributed by atoms with E-state index >= 15 is 0 Å². The van der Waals surface area contributed by atoms with Crippen LogP contribution in [0.4, 0.5) is 0 Å². The third kappa shape index (κ3) is 3.97. The first-order valence-electron chi connectivity index (χ1n) is 5.09. The number of aliphatic imine (C=N–C) groups is 1. The third-order valence-electron chi connectivity index (χ3n) is 1.96. The van der Waals surface area contributed by atoms with Crippen molar-refractivity contribution in [3.05, 3.63) is 30.1 Å². The Labute approximate surface area is 90.6 Å². The van der Waals surface area contributed by atoms with Gasteiger partial charge < -0.3 is 11.1 Å². The van der Waals surface area contributed by atoms with Crippen LogP contribution in [0.2, 0.25) is 0 Å². The van der Waals surface area contributed by atoms with Gasteiger partial charge in [0, 0.05) is 18.4 Å². The number of nitrogens with zero attached hydrogens (tertiary/aromatic N) is 2. The zero-order valence-corrected chi connectivity index (χ0v) is 9.44. The Hall–Kier alpha value is -1.58. The topological polar surface area (TPSA) is 63.3 Å². The first-order chi connectivity index (χ1) is 7.09. The number of nitrogens with two attached hydrogens (primary N) is 1. The highest BCUT2D eigenvalue weighted by Gasteiger charge is 2.03. The zero-order valence-electron chi connectivity index (χ0n) is 9.44. The summed E-state index contributed by atoms with van der Waals surface area (Å²) in [5, 5.41) is 3.06. The summed E-state index contributed by atoms with van der Waals surface area (Å²) in [4.78, 5) is 8.30.